The van der Waals surface area contributed by atoms with Crippen molar-refractivity contribution < 1.29 is 9.53 Å². The largest absolute Gasteiger partial charge is 0.496 e. The van der Waals surface area contributed by atoms with Crippen LogP contribution < -0.4 is 10.5 Å². The summed E-state index contributed by atoms with van der Waals surface area (Å²) >= 11 is 0. The summed E-state index contributed by atoms with van der Waals surface area (Å²) in [4.78, 5) is 14.2. The molecule has 1 heterocycles. The van der Waals surface area contributed by atoms with E-state index in [0.29, 0.717) is 23.8 Å². The molecule has 2 atom stereocenters. The van der Waals surface area contributed by atoms with Gasteiger partial charge in [0.2, 0.25) is 0 Å². The first-order valence-corrected chi connectivity index (χ1v) is 6.31. The Kier molecular flexibility index (Phi) is 3.87. The molecule has 4 heteroatoms. The van der Waals surface area contributed by atoms with Crippen LogP contribution in [-0.4, -0.2) is 37.0 Å². The Labute approximate surface area is 108 Å². The van der Waals surface area contributed by atoms with Crippen molar-refractivity contribution in [2.45, 2.75) is 19.4 Å². The molecule has 18 heavy (non-hydrogen) atoms. The molecule has 1 aliphatic heterocycles. The Hall–Kier alpha value is -1.55. The first kappa shape index (κ1) is 12.9. The van der Waals surface area contributed by atoms with Gasteiger partial charge in [-0.25, -0.2) is 0 Å². The van der Waals surface area contributed by atoms with Crippen molar-refractivity contribution in [2.24, 2.45) is 11.7 Å². The molecule has 1 amide bonds. The molecular formula is C14H20N2O2. The average Bonchev–Trinajstić information content (AvgIpc) is 2.41. The summed E-state index contributed by atoms with van der Waals surface area (Å²) < 4.78 is 5.23. The number of likely N-dealkylation sites (tertiary alicyclic amines) is 1. The predicted molar refractivity (Wildman–Crippen MR) is 70.7 cm³/mol. The maximum absolute atomic E-state index is 12.4. The molecule has 0 aliphatic carbocycles. The van der Waals surface area contributed by atoms with Crippen LogP contribution in [0.5, 0.6) is 5.75 Å². The van der Waals surface area contributed by atoms with E-state index in [0.717, 1.165) is 13.0 Å². The van der Waals surface area contributed by atoms with Gasteiger partial charge in [-0.05, 0) is 24.5 Å². The molecule has 4 nitrogen and oxygen atoms in total. The van der Waals surface area contributed by atoms with Crippen LogP contribution in [0.4, 0.5) is 0 Å². The monoisotopic (exact) mass is 248 g/mol. The molecule has 2 unspecified atom stereocenters. The van der Waals surface area contributed by atoms with Gasteiger partial charge in [0.25, 0.3) is 5.91 Å². The number of amides is 1. The number of carbonyl (C=O) groups is 1. The van der Waals surface area contributed by atoms with Crippen molar-refractivity contribution >= 4 is 5.91 Å². The van der Waals surface area contributed by atoms with Crippen LogP contribution in [-0.2, 0) is 0 Å². The standard InChI is InChI=1S/C14H20N2O2/c1-10-7-8-16(9-12(10)15)14(17)11-5-3-4-6-13(11)18-2/h3-6,10,12H,7-9,15H2,1-2H3. The van der Waals surface area contributed by atoms with E-state index in [1.54, 1.807) is 19.2 Å². The first-order chi connectivity index (χ1) is 8.63. The van der Waals surface area contributed by atoms with Crippen molar-refractivity contribution in [2.75, 3.05) is 20.2 Å². The number of nitrogens with zero attached hydrogens (tertiary/aromatic N) is 1. The molecule has 0 saturated carbocycles. The highest BCUT2D eigenvalue weighted by Crippen LogP contribution is 2.22. The minimum absolute atomic E-state index is 0.00907. The van der Waals surface area contributed by atoms with Crippen molar-refractivity contribution in [3.63, 3.8) is 0 Å². The van der Waals surface area contributed by atoms with Crippen LogP contribution in [0.15, 0.2) is 24.3 Å². The molecule has 1 aromatic carbocycles. The molecule has 2 N–H and O–H groups in total. The lowest BCUT2D eigenvalue weighted by molar-refractivity contribution is 0.0669. The third kappa shape index (κ3) is 2.48. The van der Waals surface area contributed by atoms with Crippen LogP contribution in [0, 0.1) is 5.92 Å². The van der Waals surface area contributed by atoms with Gasteiger partial charge in [-0.1, -0.05) is 19.1 Å². The highest BCUT2D eigenvalue weighted by atomic mass is 16.5. The van der Waals surface area contributed by atoms with Crippen LogP contribution in [0.3, 0.4) is 0 Å². The number of hydrogen-bond donors (Lipinski definition) is 1. The second kappa shape index (κ2) is 5.40. The van der Waals surface area contributed by atoms with Crippen molar-refractivity contribution in [3.05, 3.63) is 29.8 Å². The molecule has 98 valence electrons. The molecule has 1 saturated heterocycles. The minimum Gasteiger partial charge on any atom is -0.496 e. The van der Waals surface area contributed by atoms with Gasteiger partial charge < -0.3 is 15.4 Å². The lowest BCUT2D eigenvalue weighted by atomic mass is 9.94. The van der Waals surface area contributed by atoms with E-state index in [-0.39, 0.29) is 11.9 Å². The van der Waals surface area contributed by atoms with Gasteiger partial charge in [0, 0.05) is 19.1 Å². The average molecular weight is 248 g/mol. The van der Waals surface area contributed by atoms with Gasteiger partial charge in [-0.15, -0.1) is 0 Å². The van der Waals surface area contributed by atoms with Gasteiger partial charge >= 0.3 is 0 Å². The molecule has 0 spiro atoms. The summed E-state index contributed by atoms with van der Waals surface area (Å²) in [6.45, 7) is 3.53. The molecule has 0 aromatic heterocycles. The number of carbonyl (C=O) groups excluding carboxylic acids is 1. The highest BCUT2D eigenvalue weighted by molar-refractivity contribution is 5.97. The van der Waals surface area contributed by atoms with Crippen LogP contribution in [0.1, 0.15) is 23.7 Å². The van der Waals surface area contributed by atoms with Gasteiger partial charge in [-0.2, -0.15) is 0 Å². The van der Waals surface area contributed by atoms with Crippen LogP contribution in [0.25, 0.3) is 0 Å². The topological polar surface area (TPSA) is 55.6 Å². The van der Waals surface area contributed by atoms with Crippen molar-refractivity contribution in [3.8, 4) is 5.75 Å². The van der Waals surface area contributed by atoms with Gasteiger partial charge in [-0.3, -0.25) is 4.79 Å². The first-order valence-electron chi connectivity index (χ1n) is 6.31. The SMILES string of the molecule is COc1ccccc1C(=O)N1CCC(C)C(N)C1. The second-order valence-electron chi connectivity index (χ2n) is 4.88. The summed E-state index contributed by atoms with van der Waals surface area (Å²) in [7, 11) is 1.58. The Bertz CT molecular complexity index is 434. The quantitative estimate of drug-likeness (QED) is 0.863. The number of methoxy groups -OCH3 is 1. The van der Waals surface area contributed by atoms with E-state index in [9.17, 15) is 4.79 Å². The molecule has 0 bridgehead atoms. The molecule has 2 rings (SSSR count). The Balaban J connectivity index is 2.16. The number of nitrogens with two attached hydrogens (primary N) is 1. The lowest BCUT2D eigenvalue weighted by Crippen LogP contribution is -2.49. The summed E-state index contributed by atoms with van der Waals surface area (Å²) in [5.41, 5.74) is 6.64. The van der Waals surface area contributed by atoms with Gasteiger partial charge in [0.1, 0.15) is 5.75 Å². The summed E-state index contributed by atoms with van der Waals surface area (Å²) in [6.07, 6.45) is 0.960. The summed E-state index contributed by atoms with van der Waals surface area (Å²) in [5, 5.41) is 0. The van der Waals surface area contributed by atoms with Crippen molar-refractivity contribution in [1.82, 2.24) is 4.90 Å². The molecule has 0 radical (unpaired) electrons. The number of para-hydroxylation sites is 1. The van der Waals surface area contributed by atoms with E-state index >= 15 is 0 Å². The fourth-order valence-corrected chi connectivity index (χ4v) is 2.28. The van der Waals surface area contributed by atoms with E-state index in [1.165, 1.54) is 0 Å². The third-order valence-electron chi connectivity index (χ3n) is 3.64. The second-order valence-corrected chi connectivity index (χ2v) is 4.88. The molecular weight excluding hydrogens is 228 g/mol. The number of rotatable bonds is 2. The molecule has 1 fully saturated rings. The van der Waals surface area contributed by atoms with Gasteiger partial charge in [0.05, 0.1) is 12.7 Å². The minimum atomic E-state index is 0.00907. The van der Waals surface area contributed by atoms with E-state index in [2.05, 4.69) is 6.92 Å². The zero-order valence-corrected chi connectivity index (χ0v) is 10.9. The highest BCUT2D eigenvalue weighted by Gasteiger charge is 2.28. The number of hydrogen-bond acceptors (Lipinski definition) is 3. The predicted octanol–water partition coefficient (Wildman–Crippen LogP) is 1.50. The lowest BCUT2D eigenvalue weighted by Gasteiger charge is -2.35. The number of piperidine rings is 1. The smallest absolute Gasteiger partial charge is 0.257 e. The Morgan fingerprint density at radius 3 is 2.83 bits per heavy atom. The maximum Gasteiger partial charge on any atom is 0.257 e. The fourth-order valence-electron chi connectivity index (χ4n) is 2.28. The fraction of sp³-hybridized carbons (Fsp3) is 0.500. The van der Waals surface area contributed by atoms with E-state index in [4.69, 9.17) is 10.5 Å². The summed E-state index contributed by atoms with van der Waals surface area (Å²) in [5.74, 6) is 1.11. The number of benzene rings is 1. The number of ether oxygens (including phenoxy) is 1. The zero-order chi connectivity index (χ0) is 13.1. The van der Waals surface area contributed by atoms with Crippen molar-refractivity contribution in [1.29, 1.82) is 0 Å². The maximum atomic E-state index is 12.4. The van der Waals surface area contributed by atoms with Crippen LogP contribution in [0.2, 0.25) is 0 Å². The molecule has 1 aliphatic rings. The zero-order valence-electron chi connectivity index (χ0n) is 10.9. The van der Waals surface area contributed by atoms with Gasteiger partial charge in [0.15, 0.2) is 0 Å². The Morgan fingerprint density at radius 2 is 2.17 bits per heavy atom. The molecule has 1 aromatic rings. The third-order valence-corrected chi connectivity index (χ3v) is 3.64. The normalized spacial score (nSPS) is 23.8. The van der Waals surface area contributed by atoms with E-state index < -0.39 is 0 Å². The Morgan fingerprint density at radius 1 is 1.44 bits per heavy atom. The summed E-state index contributed by atoms with van der Waals surface area (Å²) in [6, 6.07) is 7.38. The van der Waals surface area contributed by atoms with E-state index in [1.807, 2.05) is 17.0 Å². The van der Waals surface area contributed by atoms with Crippen LogP contribution >= 0.6 is 0 Å².